The molecule has 0 aliphatic heterocycles. The maximum Gasteiger partial charge on any atom is 0.0486 e. The number of aromatic amines is 1. The molecule has 66 valence electrons. The maximum atomic E-state index is 3.27. The zero-order chi connectivity index (χ0) is 9.10. The van der Waals surface area contributed by atoms with Crippen molar-refractivity contribution < 1.29 is 0 Å². The van der Waals surface area contributed by atoms with E-state index in [9.17, 15) is 0 Å². The first kappa shape index (κ1) is 8.11. The monoisotopic (exact) mass is 171 g/mol. The highest BCUT2D eigenvalue weighted by Gasteiger charge is 2.02. The van der Waals surface area contributed by atoms with Crippen LogP contribution in [0, 0.1) is 0 Å². The fourth-order valence-electron chi connectivity index (χ4n) is 1.57. The van der Waals surface area contributed by atoms with E-state index in [4.69, 9.17) is 0 Å². The molecule has 0 aliphatic rings. The van der Waals surface area contributed by atoms with Crippen LogP contribution in [0.4, 0.5) is 0 Å². The summed E-state index contributed by atoms with van der Waals surface area (Å²) in [5.74, 6) is 0. The summed E-state index contributed by atoms with van der Waals surface area (Å²) in [6.07, 6.45) is 3.08. The van der Waals surface area contributed by atoms with Crippen molar-refractivity contribution in [3.8, 4) is 11.3 Å². The number of benzene rings is 1. The quantitative estimate of drug-likeness (QED) is 0.714. The molecule has 1 aromatic heterocycles. The van der Waals surface area contributed by atoms with Gasteiger partial charge in [0.05, 0.1) is 0 Å². The molecule has 1 N–H and O–H groups in total. The maximum absolute atomic E-state index is 3.27. The molecule has 0 spiro atoms. The molecule has 0 saturated heterocycles. The third kappa shape index (κ3) is 1.50. The first-order valence-electron chi connectivity index (χ1n) is 4.63. The molecule has 0 amide bonds. The van der Waals surface area contributed by atoms with Gasteiger partial charge in [-0.15, -0.1) is 0 Å². The second-order valence-corrected chi connectivity index (χ2v) is 3.10. The van der Waals surface area contributed by atoms with Crippen LogP contribution in [0.1, 0.15) is 12.5 Å². The van der Waals surface area contributed by atoms with E-state index in [-0.39, 0.29) is 0 Å². The molecular weight excluding hydrogens is 158 g/mol. The van der Waals surface area contributed by atoms with Crippen LogP contribution in [0.3, 0.4) is 0 Å². The minimum absolute atomic E-state index is 1.08. The Kier molecular flexibility index (Phi) is 2.17. The van der Waals surface area contributed by atoms with Crippen molar-refractivity contribution in [1.29, 1.82) is 0 Å². The molecule has 0 atom stereocenters. The number of hydrogen-bond donors (Lipinski definition) is 1. The van der Waals surface area contributed by atoms with Crippen LogP contribution in [0.25, 0.3) is 11.3 Å². The van der Waals surface area contributed by atoms with E-state index in [1.807, 2.05) is 12.3 Å². The Labute approximate surface area is 78.4 Å². The van der Waals surface area contributed by atoms with Gasteiger partial charge in [-0.25, -0.2) is 0 Å². The summed E-state index contributed by atoms with van der Waals surface area (Å²) in [6.45, 7) is 2.18. The summed E-state index contributed by atoms with van der Waals surface area (Å²) in [5, 5.41) is 0. The molecule has 1 heterocycles. The zero-order valence-corrected chi connectivity index (χ0v) is 7.75. The molecular formula is C12H13N. The topological polar surface area (TPSA) is 15.8 Å². The van der Waals surface area contributed by atoms with Gasteiger partial charge in [0, 0.05) is 11.9 Å². The number of hydrogen-bond acceptors (Lipinski definition) is 0. The number of H-pyrrole nitrogens is 1. The van der Waals surface area contributed by atoms with E-state index in [1.54, 1.807) is 0 Å². The van der Waals surface area contributed by atoms with Crippen molar-refractivity contribution in [2.45, 2.75) is 13.3 Å². The van der Waals surface area contributed by atoms with E-state index in [0.717, 1.165) is 6.42 Å². The summed E-state index contributed by atoms with van der Waals surface area (Å²) in [5.41, 5.74) is 3.90. The summed E-state index contributed by atoms with van der Waals surface area (Å²) in [7, 11) is 0. The first-order chi connectivity index (χ1) is 6.42. The van der Waals surface area contributed by atoms with Gasteiger partial charge in [-0.05, 0) is 23.6 Å². The fourth-order valence-corrected chi connectivity index (χ4v) is 1.57. The molecule has 0 radical (unpaired) electrons. The highest BCUT2D eigenvalue weighted by molar-refractivity contribution is 5.63. The van der Waals surface area contributed by atoms with Gasteiger partial charge in [0.2, 0.25) is 0 Å². The van der Waals surface area contributed by atoms with Crippen LogP contribution >= 0.6 is 0 Å². The van der Waals surface area contributed by atoms with Crippen LogP contribution in [-0.4, -0.2) is 4.98 Å². The highest BCUT2D eigenvalue weighted by Crippen LogP contribution is 2.21. The van der Waals surface area contributed by atoms with Crippen molar-refractivity contribution in [1.82, 2.24) is 4.98 Å². The molecule has 0 unspecified atom stereocenters. The van der Waals surface area contributed by atoms with Gasteiger partial charge >= 0.3 is 0 Å². The molecule has 2 rings (SSSR count). The standard InChI is InChI=1S/C12H13N/c1-2-10-8-9-13-12(10)11-6-4-3-5-7-11/h3-9,13H,2H2,1H3. The molecule has 0 bridgehead atoms. The summed E-state index contributed by atoms with van der Waals surface area (Å²) in [6, 6.07) is 12.6. The molecule has 1 nitrogen and oxygen atoms in total. The van der Waals surface area contributed by atoms with Crippen LogP contribution in [0.15, 0.2) is 42.6 Å². The van der Waals surface area contributed by atoms with E-state index in [1.165, 1.54) is 16.8 Å². The third-order valence-corrected chi connectivity index (χ3v) is 2.28. The van der Waals surface area contributed by atoms with Crippen LogP contribution in [0.2, 0.25) is 0 Å². The van der Waals surface area contributed by atoms with Crippen molar-refractivity contribution in [3.63, 3.8) is 0 Å². The second kappa shape index (κ2) is 3.48. The van der Waals surface area contributed by atoms with Gasteiger partial charge in [0.15, 0.2) is 0 Å². The van der Waals surface area contributed by atoms with E-state index < -0.39 is 0 Å². The Morgan fingerprint density at radius 3 is 2.54 bits per heavy atom. The van der Waals surface area contributed by atoms with Gasteiger partial charge in [0.1, 0.15) is 0 Å². The van der Waals surface area contributed by atoms with Gasteiger partial charge < -0.3 is 4.98 Å². The lowest BCUT2D eigenvalue weighted by molar-refractivity contribution is 1.15. The minimum Gasteiger partial charge on any atom is -0.361 e. The third-order valence-electron chi connectivity index (χ3n) is 2.28. The fraction of sp³-hybridized carbons (Fsp3) is 0.167. The number of rotatable bonds is 2. The second-order valence-electron chi connectivity index (χ2n) is 3.10. The highest BCUT2D eigenvalue weighted by atomic mass is 14.7. The van der Waals surface area contributed by atoms with E-state index >= 15 is 0 Å². The van der Waals surface area contributed by atoms with Crippen molar-refractivity contribution in [2.75, 3.05) is 0 Å². The van der Waals surface area contributed by atoms with Crippen molar-refractivity contribution >= 4 is 0 Å². The number of aryl methyl sites for hydroxylation is 1. The van der Waals surface area contributed by atoms with Crippen LogP contribution in [-0.2, 0) is 6.42 Å². The largest absolute Gasteiger partial charge is 0.361 e. The van der Waals surface area contributed by atoms with Gasteiger partial charge in [-0.3, -0.25) is 0 Å². The Morgan fingerprint density at radius 1 is 1.08 bits per heavy atom. The number of nitrogens with one attached hydrogen (secondary N) is 1. The minimum atomic E-state index is 1.08. The Hall–Kier alpha value is -1.50. The summed E-state index contributed by atoms with van der Waals surface area (Å²) >= 11 is 0. The molecule has 0 aliphatic carbocycles. The number of aromatic nitrogens is 1. The smallest absolute Gasteiger partial charge is 0.0486 e. The molecule has 0 fully saturated rings. The van der Waals surface area contributed by atoms with Gasteiger partial charge in [-0.2, -0.15) is 0 Å². The van der Waals surface area contributed by atoms with E-state index in [0.29, 0.717) is 0 Å². The predicted molar refractivity (Wildman–Crippen MR) is 55.6 cm³/mol. The lowest BCUT2D eigenvalue weighted by atomic mass is 10.1. The molecule has 0 saturated carbocycles. The average molecular weight is 171 g/mol. The normalized spacial score (nSPS) is 10.2. The lowest BCUT2D eigenvalue weighted by Gasteiger charge is -2.00. The molecule has 1 aromatic carbocycles. The Bertz CT molecular complexity index is 373. The van der Waals surface area contributed by atoms with Crippen LogP contribution < -0.4 is 0 Å². The molecule has 1 heteroatoms. The van der Waals surface area contributed by atoms with Gasteiger partial charge in [0.25, 0.3) is 0 Å². The lowest BCUT2D eigenvalue weighted by Crippen LogP contribution is -1.82. The zero-order valence-electron chi connectivity index (χ0n) is 7.75. The molecule has 2 aromatic rings. The average Bonchev–Trinajstić information content (AvgIpc) is 2.67. The summed E-state index contributed by atoms with van der Waals surface area (Å²) in [4.78, 5) is 3.27. The Balaban J connectivity index is 2.47. The first-order valence-corrected chi connectivity index (χ1v) is 4.63. The van der Waals surface area contributed by atoms with Crippen molar-refractivity contribution in [3.05, 3.63) is 48.2 Å². The van der Waals surface area contributed by atoms with Crippen molar-refractivity contribution in [2.24, 2.45) is 0 Å². The molecule has 13 heavy (non-hydrogen) atoms. The van der Waals surface area contributed by atoms with E-state index in [2.05, 4.69) is 42.2 Å². The predicted octanol–water partition coefficient (Wildman–Crippen LogP) is 3.24. The SMILES string of the molecule is CCc1cc[nH]c1-c1ccccc1. The van der Waals surface area contributed by atoms with Gasteiger partial charge in [-0.1, -0.05) is 37.3 Å². The summed E-state index contributed by atoms with van der Waals surface area (Å²) < 4.78 is 0. The van der Waals surface area contributed by atoms with Crippen LogP contribution in [0.5, 0.6) is 0 Å². The Morgan fingerprint density at radius 2 is 1.85 bits per heavy atom.